The third-order valence-corrected chi connectivity index (χ3v) is 5.67. The van der Waals surface area contributed by atoms with Gasteiger partial charge in [0.05, 0.1) is 12.2 Å². The van der Waals surface area contributed by atoms with Crippen molar-refractivity contribution >= 4 is 0 Å². The van der Waals surface area contributed by atoms with Crippen molar-refractivity contribution in [3.05, 3.63) is 71.8 Å². The lowest BCUT2D eigenvalue weighted by Gasteiger charge is -2.46. The number of hydrogen-bond acceptors (Lipinski definition) is 4. The van der Waals surface area contributed by atoms with Gasteiger partial charge in [-0.2, -0.15) is 0 Å². The third-order valence-electron chi connectivity index (χ3n) is 5.67. The first-order valence-electron chi connectivity index (χ1n) is 9.44. The highest BCUT2D eigenvalue weighted by molar-refractivity contribution is 5.22. The Hall–Kier alpha value is -1.72. The first-order valence-corrected chi connectivity index (χ1v) is 9.44. The molecule has 1 saturated carbocycles. The van der Waals surface area contributed by atoms with Gasteiger partial charge in [0.2, 0.25) is 0 Å². The number of aliphatic hydroxyl groups is 2. The molecule has 1 aliphatic carbocycles. The number of ether oxygens (including phenoxy) is 2. The quantitative estimate of drug-likeness (QED) is 0.882. The van der Waals surface area contributed by atoms with Crippen LogP contribution < -0.4 is 0 Å². The van der Waals surface area contributed by atoms with Crippen LogP contribution in [0.5, 0.6) is 0 Å². The Labute approximate surface area is 154 Å². The minimum absolute atomic E-state index is 0.326. The SMILES string of the molecule is OC(c1ccccc1)[C@@H]1OCC2(CCCC2)O[C@H]1C(O)c1ccccc1. The maximum absolute atomic E-state index is 11.0. The van der Waals surface area contributed by atoms with Gasteiger partial charge >= 0.3 is 0 Å². The third kappa shape index (κ3) is 3.42. The molecule has 0 amide bonds. The smallest absolute Gasteiger partial charge is 0.117 e. The summed E-state index contributed by atoms with van der Waals surface area (Å²) in [5, 5.41) is 22.0. The molecule has 1 saturated heterocycles. The molecule has 26 heavy (non-hydrogen) atoms. The molecule has 0 aromatic heterocycles. The van der Waals surface area contributed by atoms with Crippen LogP contribution in [0.15, 0.2) is 60.7 Å². The molecule has 2 N–H and O–H groups in total. The largest absolute Gasteiger partial charge is 0.386 e. The molecular weight excluding hydrogens is 328 g/mol. The predicted molar refractivity (Wildman–Crippen MR) is 98.6 cm³/mol. The van der Waals surface area contributed by atoms with E-state index in [4.69, 9.17) is 9.47 Å². The van der Waals surface area contributed by atoms with Gasteiger partial charge in [-0.3, -0.25) is 0 Å². The van der Waals surface area contributed by atoms with Crippen molar-refractivity contribution in [2.75, 3.05) is 6.61 Å². The number of aliphatic hydroxyl groups excluding tert-OH is 2. The molecule has 4 atom stereocenters. The van der Waals surface area contributed by atoms with Crippen LogP contribution in [0.25, 0.3) is 0 Å². The number of rotatable bonds is 4. The molecular formula is C22H26O4. The van der Waals surface area contributed by atoms with E-state index < -0.39 is 24.4 Å². The lowest BCUT2D eigenvalue weighted by atomic mass is 9.90. The summed E-state index contributed by atoms with van der Waals surface area (Å²) in [6.45, 7) is 0.472. The summed E-state index contributed by atoms with van der Waals surface area (Å²) in [5.41, 5.74) is 1.23. The molecule has 138 valence electrons. The number of hydrogen-bond donors (Lipinski definition) is 2. The van der Waals surface area contributed by atoms with Crippen LogP contribution in [0.1, 0.15) is 49.0 Å². The van der Waals surface area contributed by atoms with Gasteiger partial charge < -0.3 is 19.7 Å². The van der Waals surface area contributed by atoms with E-state index in [0.29, 0.717) is 6.61 Å². The van der Waals surface area contributed by atoms with Crippen molar-refractivity contribution in [3.63, 3.8) is 0 Å². The van der Waals surface area contributed by atoms with E-state index in [1.54, 1.807) is 0 Å². The predicted octanol–water partition coefficient (Wildman–Crippen LogP) is 3.55. The average Bonchev–Trinajstić information content (AvgIpc) is 3.16. The summed E-state index contributed by atoms with van der Waals surface area (Å²) < 4.78 is 12.6. The minimum atomic E-state index is -0.850. The lowest BCUT2D eigenvalue weighted by molar-refractivity contribution is -0.272. The average molecular weight is 354 g/mol. The molecule has 2 aromatic rings. The fraction of sp³-hybridized carbons (Fsp3) is 0.455. The van der Waals surface area contributed by atoms with E-state index >= 15 is 0 Å². The van der Waals surface area contributed by atoms with Gasteiger partial charge in [-0.05, 0) is 24.0 Å². The van der Waals surface area contributed by atoms with Gasteiger partial charge in [0.1, 0.15) is 24.4 Å². The van der Waals surface area contributed by atoms with E-state index in [9.17, 15) is 10.2 Å². The molecule has 2 fully saturated rings. The second kappa shape index (κ2) is 7.49. The van der Waals surface area contributed by atoms with Crippen LogP contribution in [0, 0.1) is 0 Å². The van der Waals surface area contributed by atoms with E-state index in [1.807, 2.05) is 60.7 Å². The molecule has 2 unspecified atom stereocenters. The molecule has 1 aliphatic heterocycles. The summed E-state index contributed by atoms with van der Waals surface area (Å²) in [6.07, 6.45) is 1.19. The van der Waals surface area contributed by atoms with Gasteiger partial charge in [-0.1, -0.05) is 73.5 Å². The Kier molecular flexibility index (Phi) is 5.09. The van der Waals surface area contributed by atoms with Crippen LogP contribution in [0.2, 0.25) is 0 Å². The van der Waals surface area contributed by atoms with Crippen LogP contribution in [-0.2, 0) is 9.47 Å². The van der Waals surface area contributed by atoms with Gasteiger partial charge in [0.15, 0.2) is 0 Å². The molecule has 0 radical (unpaired) electrons. The van der Waals surface area contributed by atoms with Gasteiger partial charge in [-0.25, -0.2) is 0 Å². The van der Waals surface area contributed by atoms with E-state index in [0.717, 1.165) is 36.8 Å². The monoisotopic (exact) mass is 354 g/mol. The topological polar surface area (TPSA) is 58.9 Å². The van der Waals surface area contributed by atoms with E-state index in [-0.39, 0.29) is 5.60 Å². The summed E-state index contributed by atoms with van der Waals surface area (Å²) >= 11 is 0. The molecule has 4 heteroatoms. The molecule has 2 aromatic carbocycles. The van der Waals surface area contributed by atoms with Crippen molar-refractivity contribution in [2.24, 2.45) is 0 Å². The lowest BCUT2D eigenvalue weighted by Crippen LogP contribution is -2.54. The van der Waals surface area contributed by atoms with Crippen molar-refractivity contribution < 1.29 is 19.7 Å². The Balaban J connectivity index is 1.63. The first-order chi connectivity index (χ1) is 12.7. The Morgan fingerprint density at radius 2 is 1.27 bits per heavy atom. The maximum atomic E-state index is 11.0. The molecule has 4 rings (SSSR count). The molecule has 1 spiro atoms. The minimum Gasteiger partial charge on any atom is -0.386 e. The van der Waals surface area contributed by atoms with Crippen LogP contribution in [0.4, 0.5) is 0 Å². The normalized spacial score (nSPS) is 27.3. The summed E-state index contributed by atoms with van der Waals surface area (Å²) in [4.78, 5) is 0. The molecule has 1 heterocycles. The fourth-order valence-electron chi connectivity index (χ4n) is 4.21. The molecule has 0 bridgehead atoms. The van der Waals surface area contributed by atoms with Crippen molar-refractivity contribution in [1.82, 2.24) is 0 Å². The van der Waals surface area contributed by atoms with Crippen molar-refractivity contribution in [1.29, 1.82) is 0 Å². The zero-order valence-electron chi connectivity index (χ0n) is 14.8. The summed E-state index contributed by atoms with van der Waals surface area (Å²) in [5.74, 6) is 0. The standard InChI is InChI=1S/C22H26O4/c23-18(16-9-3-1-4-10-16)20-21(19(24)17-11-5-2-6-12-17)26-22(15-25-20)13-7-8-14-22/h1-6,9-12,18-21,23-24H,7-8,13-15H2/t18?,19?,20-,21-/m0/s1. The van der Waals surface area contributed by atoms with E-state index in [1.165, 1.54) is 0 Å². The van der Waals surface area contributed by atoms with Crippen molar-refractivity contribution in [2.45, 2.75) is 55.7 Å². The van der Waals surface area contributed by atoms with Gasteiger partial charge in [-0.15, -0.1) is 0 Å². The zero-order chi connectivity index (χ0) is 18.0. The summed E-state index contributed by atoms with van der Waals surface area (Å²) in [7, 11) is 0. The summed E-state index contributed by atoms with van der Waals surface area (Å²) in [6, 6.07) is 18.9. The molecule has 4 nitrogen and oxygen atoms in total. The van der Waals surface area contributed by atoms with Gasteiger partial charge in [0.25, 0.3) is 0 Å². The highest BCUT2D eigenvalue weighted by Crippen LogP contribution is 2.43. The Bertz CT molecular complexity index is 697. The van der Waals surface area contributed by atoms with Gasteiger partial charge in [0, 0.05) is 0 Å². The van der Waals surface area contributed by atoms with Crippen LogP contribution in [-0.4, -0.2) is 34.6 Å². The fourth-order valence-corrected chi connectivity index (χ4v) is 4.21. The Morgan fingerprint density at radius 1 is 0.769 bits per heavy atom. The Morgan fingerprint density at radius 3 is 1.81 bits per heavy atom. The zero-order valence-corrected chi connectivity index (χ0v) is 14.8. The molecule has 2 aliphatic rings. The van der Waals surface area contributed by atoms with Crippen molar-refractivity contribution in [3.8, 4) is 0 Å². The van der Waals surface area contributed by atoms with E-state index in [2.05, 4.69) is 0 Å². The highest BCUT2D eigenvalue weighted by atomic mass is 16.6. The van der Waals surface area contributed by atoms with Crippen LogP contribution in [0.3, 0.4) is 0 Å². The van der Waals surface area contributed by atoms with Crippen LogP contribution >= 0.6 is 0 Å². The second-order valence-corrected chi connectivity index (χ2v) is 7.46. The first kappa shape index (κ1) is 17.7. The highest BCUT2D eigenvalue weighted by Gasteiger charge is 2.49. The number of benzene rings is 2. The maximum Gasteiger partial charge on any atom is 0.117 e. The second-order valence-electron chi connectivity index (χ2n) is 7.46.